The molecule has 1 saturated heterocycles. The Balaban J connectivity index is 1.80. The average Bonchev–Trinajstić information content (AvgIpc) is 2.74. The van der Waals surface area contributed by atoms with Crippen LogP contribution in [-0.2, 0) is 14.8 Å². The maximum Gasteiger partial charge on any atom is 0.248 e. The molecule has 0 radical (unpaired) electrons. The average molecular weight is 484 g/mol. The van der Waals surface area contributed by atoms with Crippen LogP contribution in [0.2, 0.25) is 10.0 Å². The Hall–Kier alpha value is -1.96. The lowest BCUT2D eigenvalue weighted by Crippen LogP contribution is -2.47. The Morgan fingerprint density at radius 1 is 1.06 bits per heavy atom. The maximum absolute atomic E-state index is 13.1. The monoisotopic (exact) mass is 483 g/mol. The van der Waals surface area contributed by atoms with Gasteiger partial charge < -0.3 is 10.2 Å². The second-order valence-corrected chi connectivity index (χ2v) is 10.3. The Kier molecular flexibility index (Phi) is 7.73. The third-order valence-corrected chi connectivity index (χ3v) is 7.26. The number of nitrogens with zero attached hydrogens (tertiary/aromatic N) is 2. The van der Waals surface area contributed by atoms with Gasteiger partial charge in [0, 0.05) is 24.5 Å². The van der Waals surface area contributed by atoms with Crippen LogP contribution >= 0.6 is 23.2 Å². The molecule has 3 rings (SSSR count). The summed E-state index contributed by atoms with van der Waals surface area (Å²) >= 11 is 12.1. The minimum Gasteiger partial charge on any atom is -0.372 e. The van der Waals surface area contributed by atoms with Crippen molar-refractivity contribution in [3.63, 3.8) is 0 Å². The highest BCUT2D eigenvalue weighted by Gasteiger charge is 2.32. The fourth-order valence-corrected chi connectivity index (χ4v) is 5.31. The highest BCUT2D eigenvalue weighted by Crippen LogP contribution is 2.31. The lowest BCUT2D eigenvalue weighted by molar-refractivity contribution is -0.117. The number of piperidine rings is 1. The van der Waals surface area contributed by atoms with E-state index >= 15 is 0 Å². The number of rotatable bonds is 7. The molecule has 168 valence electrons. The van der Waals surface area contributed by atoms with Gasteiger partial charge in [-0.3, -0.25) is 9.10 Å². The first-order chi connectivity index (χ1) is 14.7. The Morgan fingerprint density at radius 3 is 2.26 bits per heavy atom. The normalized spacial score (nSPS) is 15.4. The SMILES string of the molecule is CC[C@@H](C(=O)Nc1ccc(N2CCCCC2)cc1)N(c1ccc(Cl)c(Cl)c1)S(C)(=O)=O. The molecule has 0 saturated carbocycles. The zero-order valence-corrected chi connectivity index (χ0v) is 20.0. The van der Waals surface area contributed by atoms with Crippen LogP contribution < -0.4 is 14.5 Å². The van der Waals surface area contributed by atoms with Crippen LogP contribution in [0.5, 0.6) is 0 Å². The molecular weight excluding hydrogens is 457 g/mol. The molecule has 0 unspecified atom stereocenters. The standard InChI is InChI=1S/C22H27Cl2N3O3S/c1-3-21(27(31(2,29)30)18-11-12-19(23)20(24)15-18)22(28)25-16-7-9-17(10-8-16)26-13-5-4-6-14-26/h7-12,15,21H,3-6,13-14H2,1-2H3,(H,25,28)/t21-/m0/s1. The van der Waals surface area contributed by atoms with Crippen LogP contribution in [0.1, 0.15) is 32.6 Å². The van der Waals surface area contributed by atoms with E-state index in [1.165, 1.54) is 31.4 Å². The molecule has 6 nitrogen and oxygen atoms in total. The molecule has 1 fully saturated rings. The molecule has 31 heavy (non-hydrogen) atoms. The van der Waals surface area contributed by atoms with E-state index in [-0.39, 0.29) is 11.4 Å². The van der Waals surface area contributed by atoms with E-state index < -0.39 is 22.0 Å². The van der Waals surface area contributed by atoms with E-state index in [0.29, 0.717) is 16.4 Å². The summed E-state index contributed by atoms with van der Waals surface area (Å²) in [7, 11) is -3.75. The highest BCUT2D eigenvalue weighted by atomic mass is 35.5. The highest BCUT2D eigenvalue weighted by molar-refractivity contribution is 7.92. The predicted molar refractivity (Wildman–Crippen MR) is 129 cm³/mol. The first-order valence-electron chi connectivity index (χ1n) is 10.3. The number of hydrogen-bond donors (Lipinski definition) is 1. The summed E-state index contributed by atoms with van der Waals surface area (Å²) in [5.74, 6) is -0.412. The van der Waals surface area contributed by atoms with Crippen molar-refractivity contribution in [2.45, 2.75) is 38.6 Å². The van der Waals surface area contributed by atoms with Crippen LogP contribution in [0, 0.1) is 0 Å². The molecule has 0 aliphatic carbocycles. The number of anilines is 3. The van der Waals surface area contributed by atoms with Crippen molar-refractivity contribution in [1.82, 2.24) is 0 Å². The minimum atomic E-state index is -3.75. The van der Waals surface area contributed by atoms with Crippen molar-refractivity contribution in [2.75, 3.05) is 33.9 Å². The van der Waals surface area contributed by atoms with Gasteiger partial charge in [-0.15, -0.1) is 0 Å². The number of carbonyl (C=O) groups is 1. The van der Waals surface area contributed by atoms with Crippen LogP contribution in [-0.4, -0.2) is 39.7 Å². The maximum atomic E-state index is 13.1. The second kappa shape index (κ2) is 10.1. The van der Waals surface area contributed by atoms with Gasteiger partial charge in [-0.2, -0.15) is 0 Å². The second-order valence-electron chi connectivity index (χ2n) is 7.67. The minimum absolute atomic E-state index is 0.219. The molecule has 0 spiro atoms. The third-order valence-electron chi connectivity index (χ3n) is 5.34. The number of amides is 1. The van der Waals surface area contributed by atoms with E-state index in [4.69, 9.17) is 23.2 Å². The quantitative estimate of drug-likeness (QED) is 0.589. The lowest BCUT2D eigenvalue weighted by Gasteiger charge is -2.30. The molecule has 2 aromatic rings. The molecule has 0 aromatic heterocycles. The Labute approximate surface area is 194 Å². The number of nitrogens with one attached hydrogen (secondary N) is 1. The number of halogens is 2. The van der Waals surface area contributed by atoms with E-state index in [9.17, 15) is 13.2 Å². The first kappa shape index (κ1) is 23.7. The van der Waals surface area contributed by atoms with E-state index in [1.54, 1.807) is 13.0 Å². The Bertz CT molecular complexity index is 1020. The van der Waals surface area contributed by atoms with Gasteiger partial charge in [0.2, 0.25) is 15.9 Å². The molecule has 1 atom stereocenters. The lowest BCUT2D eigenvalue weighted by atomic mass is 10.1. The summed E-state index contributed by atoms with van der Waals surface area (Å²) in [5.41, 5.74) is 2.03. The molecule has 1 heterocycles. The number of hydrogen-bond acceptors (Lipinski definition) is 4. The van der Waals surface area contributed by atoms with Crippen LogP contribution in [0.3, 0.4) is 0 Å². The van der Waals surface area contributed by atoms with Crippen molar-refractivity contribution in [1.29, 1.82) is 0 Å². The summed E-state index contributed by atoms with van der Waals surface area (Å²) in [4.78, 5) is 15.4. The number of carbonyl (C=O) groups excluding carboxylic acids is 1. The predicted octanol–water partition coefficient (Wildman–Crippen LogP) is 5.17. The summed E-state index contributed by atoms with van der Waals surface area (Å²) in [6.07, 6.45) is 4.99. The topological polar surface area (TPSA) is 69.7 Å². The van der Waals surface area contributed by atoms with Crippen LogP contribution in [0.25, 0.3) is 0 Å². The summed E-state index contributed by atoms with van der Waals surface area (Å²) in [6.45, 7) is 3.84. The van der Waals surface area contributed by atoms with Crippen molar-refractivity contribution in [3.05, 3.63) is 52.5 Å². The van der Waals surface area contributed by atoms with Gasteiger partial charge in [-0.1, -0.05) is 30.1 Å². The van der Waals surface area contributed by atoms with Gasteiger partial charge in [0.05, 0.1) is 22.0 Å². The molecule has 1 aliphatic rings. The largest absolute Gasteiger partial charge is 0.372 e. The fraction of sp³-hybridized carbons (Fsp3) is 0.409. The number of sulfonamides is 1. The van der Waals surface area contributed by atoms with Gasteiger partial charge in [-0.05, 0) is 68.1 Å². The zero-order chi connectivity index (χ0) is 22.6. The van der Waals surface area contributed by atoms with Gasteiger partial charge in [0.1, 0.15) is 6.04 Å². The number of benzene rings is 2. The fourth-order valence-electron chi connectivity index (χ4n) is 3.82. The molecule has 1 amide bonds. The van der Waals surface area contributed by atoms with Gasteiger partial charge in [-0.25, -0.2) is 8.42 Å². The smallest absolute Gasteiger partial charge is 0.248 e. The summed E-state index contributed by atoms with van der Waals surface area (Å²) < 4.78 is 26.2. The van der Waals surface area contributed by atoms with Crippen molar-refractivity contribution in [3.8, 4) is 0 Å². The molecule has 1 aliphatic heterocycles. The molecule has 2 aromatic carbocycles. The zero-order valence-electron chi connectivity index (χ0n) is 17.6. The van der Waals surface area contributed by atoms with Gasteiger partial charge in [0.25, 0.3) is 0 Å². The van der Waals surface area contributed by atoms with E-state index in [0.717, 1.165) is 29.3 Å². The Morgan fingerprint density at radius 2 is 1.71 bits per heavy atom. The van der Waals surface area contributed by atoms with Crippen molar-refractivity contribution in [2.24, 2.45) is 0 Å². The molecule has 0 bridgehead atoms. The molecule has 9 heteroatoms. The molecular formula is C22H27Cl2N3O3S. The van der Waals surface area contributed by atoms with Gasteiger partial charge in [0.15, 0.2) is 0 Å². The van der Waals surface area contributed by atoms with Crippen molar-refractivity contribution >= 4 is 56.2 Å². The summed E-state index contributed by atoms with van der Waals surface area (Å²) in [5, 5.41) is 3.38. The molecule has 1 N–H and O–H groups in total. The van der Waals surface area contributed by atoms with Crippen molar-refractivity contribution < 1.29 is 13.2 Å². The van der Waals surface area contributed by atoms with E-state index in [1.807, 2.05) is 24.3 Å². The first-order valence-corrected chi connectivity index (χ1v) is 12.9. The summed E-state index contributed by atoms with van der Waals surface area (Å²) in [6, 6.07) is 11.2. The van der Waals surface area contributed by atoms with E-state index in [2.05, 4.69) is 10.2 Å². The van der Waals surface area contributed by atoms with Crippen LogP contribution in [0.4, 0.5) is 17.1 Å². The van der Waals surface area contributed by atoms with Gasteiger partial charge >= 0.3 is 0 Å². The van der Waals surface area contributed by atoms with Crippen LogP contribution in [0.15, 0.2) is 42.5 Å². The third kappa shape index (κ3) is 5.84.